The zero-order chi connectivity index (χ0) is 20.3. The molecule has 0 N–H and O–H groups in total. The first-order chi connectivity index (χ1) is 13.3. The molecule has 0 aliphatic carbocycles. The molecule has 3 rings (SSSR count). The average Bonchev–Trinajstić information content (AvgIpc) is 3.18. The SMILES string of the molecule is COc1ccc(CCS(=O)(=O)[C@H](C)c2nc(-c3ccc(C)c(F)c3)no2)cc1. The molecule has 0 bridgehead atoms. The summed E-state index contributed by atoms with van der Waals surface area (Å²) >= 11 is 0. The van der Waals surface area contributed by atoms with Gasteiger partial charge in [-0.25, -0.2) is 12.8 Å². The van der Waals surface area contributed by atoms with Crippen molar-refractivity contribution in [3.05, 3.63) is 65.3 Å². The number of hydrogen-bond acceptors (Lipinski definition) is 6. The van der Waals surface area contributed by atoms with Gasteiger partial charge in [-0.1, -0.05) is 29.4 Å². The van der Waals surface area contributed by atoms with Gasteiger partial charge in [0.25, 0.3) is 0 Å². The van der Waals surface area contributed by atoms with Crippen LogP contribution in [0.25, 0.3) is 11.4 Å². The van der Waals surface area contributed by atoms with Crippen molar-refractivity contribution < 1.29 is 22.1 Å². The van der Waals surface area contributed by atoms with Gasteiger partial charge in [0.05, 0.1) is 12.9 Å². The Hall–Kier alpha value is -2.74. The molecule has 0 spiro atoms. The standard InChI is InChI=1S/C20H21FN2O4S/c1-13-4-7-16(12-18(13)21)19-22-20(27-23-19)14(2)28(24,25)11-10-15-5-8-17(26-3)9-6-15/h4-9,12,14H,10-11H2,1-3H3/t14-/m1/s1. The molecular formula is C20H21FN2O4S. The fraction of sp³-hybridized carbons (Fsp3) is 0.300. The second-order valence-corrected chi connectivity index (χ2v) is 8.97. The van der Waals surface area contributed by atoms with E-state index in [0.29, 0.717) is 23.3 Å². The number of methoxy groups -OCH3 is 1. The van der Waals surface area contributed by atoms with Crippen molar-refractivity contribution >= 4 is 9.84 Å². The normalized spacial score (nSPS) is 12.7. The number of ether oxygens (including phenoxy) is 1. The maximum absolute atomic E-state index is 13.7. The smallest absolute Gasteiger partial charge is 0.245 e. The highest BCUT2D eigenvalue weighted by molar-refractivity contribution is 7.91. The Morgan fingerprint density at radius 3 is 2.54 bits per heavy atom. The van der Waals surface area contributed by atoms with Crippen molar-refractivity contribution in [1.29, 1.82) is 0 Å². The van der Waals surface area contributed by atoms with Gasteiger partial charge in [-0.05, 0) is 49.6 Å². The third kappa shape index (κ3) is 4.39. The first-order valence-corrected chi connectivity index (χ1v) is 10.5. The maximum Gasteiger partial charge on any atom is 0.245 e. The van der Waals surface area contributed by atoms with Crippen LogP contribution in [0.15, 0.2) is 47.0 Å². The molecule has 8 heteroatoms. The van der Waals surface area contributed by atoms with E-state index in [1.165, 1.54) is 13.0 Å². The Morgan fingerprint density at radius 1 is 1.18 bits per heavy atom. The Bertz CT molecular complexity index is 1060. The van der Waals surface area contributed by atoms with E-state index in [9.17, 15) is 12.8 Å². The Kier molecular flexibility index (Phi) is 5.79. The Morgan fingerprint density at radius 2 is 1.89 bits per heavy atom. The summed E-state index contributed by atoms with van der Waals surface area (Å²) in [4.78, 5) is 4.16. The predicted octanol–water partition coefficient (Wildman–Crippen LogP) is 3.91. The molecule has 0 saturated carbocycles. The van der Waals surface area contributed by atoms with Crippen LogP contribution in [0.3, 0.4) is 0 Å². The monoisotopic (exact) mass is 404 g/mol. The van der Waals surface area contributed by atoms with Crippen molar-refractivity contribution in [2.45, 2.75) is 25.5 Å². The number of halogens is 1. The van der Waals surface area contributed by atoms with Gasteiger partial charge in [0.2, 0.25) is 11.7 Å². The molecule has 148 valence electrons. The van der Waals surface area contributed by atoms with Crippen LogP contribution < -0.4 is 4.74 Å². The summed E-state index contributed by atoms with van der Waals surface area (Å²) in [7, 11) is -1.94. The van der Waals surface area contributed by atoms with Gasteiger partial charge < -0.3 is 9.26 Å². The van der Waals surface area contributed by atoms with Gasteiger partial charge in [-0.15, -0.1) is 0 Å². The molecule has 1 heterocycles. The van der Waals surface area contributed by atoms with E-state index in [4.69, 9.17) is 9.26 Å². The molecule has 0 unspecified atom stereocenters. The molecular weight excluding hydrogens is 383 g/mol. The van der Waals surface area contributed by atoms with E-state index in [-0.39, 0.29) is 23.3 Å². The average molecular weight is 404 g/mol. The lowest BCUT2D eigenvalue weighted by molar-refractivity contribution is 0.377. The first kappa shape index (κ1) is 20.0. The lowest BCUT2D eigenvalue weighted by Gasteiger charge is -2.09. The number of sulfone groups is 1. The van der Waals surface area contributed by atoms with Crippen LogP contribution in [0, 0.1) is 12.7 Å². The molecule has 28 heavy (non-hydrogen) atoms. The third-order valence-corrected chi connectivity index (χ3v) is 6.64. The highest BCUT2D eigenvalue weighted by Gasteiger charge is 2.28. The molecule has 6 nitrogen and oxygen atoms in total. The Labute approximate surface area is 163 Å². The van der Waals surface area contributed by atoms with Gasteiger partial charge in [0, 0.05) is 5.56 Å². The van der Waals surface area contributed by atoms with Crippen molar-refractivity contribution in [2.75, 3.05) is 12.9 Å². The van der Waals surface area contributed by atoms with Crippen molar-refractivity contribution in [1.82, 2.24) is 10.1 Å². The molecule has 0 aliphatic rings. The minimum absolute atomic E-state index is 0.00860. The molecule has 0 aliphatic heterocycles. The molecule has 0 radical (unpaired) electrons. The van der Waals surface area contributed by atoms with E-state index < -0.39 is 15.1 Å². The van der Waals surface area contributed by atoms with Crippen LogP contribution in [0.1, 0.15) is 29.2 Å². The quantitative estimate of drug-likeness (QED) is 0.594. The summed E-state index contributed by atoms with van der Waals surface area (Å²) in [6.45, 7) is 3.16. The molecule has 1 aromatic heterocycles. The van der Waals surface area contributed by atoms with Crippen LogP contribution in [-0.2, 0) is 16.3 Å². The number of rotatable bonds is 7. The number of benzene rings is 2. The van der Waals surface area contributed by atoms with Gasteiger partial charge in [-0.2, -0.15) is 4.98 Å². The van der Waals surface area contributed by atoms with Gasteiger partial charge in [0.1, 0.15) is 16.8 Å². The number of aryl methyl sites for hydroxylation is 2. The van der Waals surface area contributed by atoms with Crippen molar-refractivity contribution in [2.24, 2.45) is 0 Å². The second-order valence-electron chi connectivity index (χ2n) is 6.53. The minimum atomic E-state index is -3.51. The maximum atomic E-state index is 13.7. The lowest BCUT2D eigenvalue weighted by atomic mass is 10.1. The van der Waals surface area contributed by atoms with Crippen LogP contribution in [-0.4, -0.2) is 31.4 Å². The molecule has 2 aromatic carbocycles. The largest absolute Gasteiger partial charge is 0.497 e. The van der Waals surface area contributed by atoms with E-state index >= 15 is 0 Å². The van der Waals surface area contributed by atoms with Crippen LogP contribution >= 0.6 is 0 Å². The van der Waals surface area contributed by atoms with E-state index in [0.717, 1.165) is 5.56 Å². The van der Waals surface area contributed by atoms with Gasteiger partial charge >= 0.3 is 0 Å². The van der Waals surface area contributed by atoms with Gasteiger partial charge in [-0.3, -0.25) is 0 Å². The second kappa shape index (κ2) is 8.10. The van der Waals surface area contributed by atoms with E-state index in [1.807, 2.05) is 12.1 Å². The fourth-order valence-corrected chi connectivity index (χ4v) is 3.91. The summed E-state index contributed by atoms with van der Waals surface area (Å²) in [6.07, 6.45) is 0.362. The third-order valence-electron chi connectivity index (χ3n) is 4.59. The Balaban J connectivity index is 1.72. The zero-order valence-corrected chi connectivity index (χ0v) is 16.7. The lowest BCUT2D eigenvalue weighted by Crippen LogP contribution is -2.16. The zero-order valence-electron chi connectivity index (χ0n) is 15.8. The molecule has 1 atom stereocenters. The van der Waals surface area contributed by atoms with Crippen LogP contribution in [0.4, 0.5) is 4.39 Å². The fourth-order valence-electron chi connectivity index (χ4n) is 2.63. The minimum Gasteiger partial charge on any atom is -0.497 e. The summed E-state index contributed by atoms with van der Waals surface area (Å²) < 4.78 is 49.3. The molecule has 0 fully saturated rings. The van der Waals surface area contributed by atoms with Crippen LogP contribution in [0.2, 0.25) is 0 Å². The summed E-state index contributed by atoms with van der Waals surface area (Å²) in [6, 6.07) is 11.8. The highest BCUT2D eigenvalue weighted by Crippen LogP contribution is 2.26. The van der Waals surface area contributed by atoms with E-state index in [2.05, 4.69) is 10.1 Å². The highest BCUT2D eigenvalue weighted by atomic mass is 32.2. The summed E-state index contributed by atoms with van der Waals surface area (Å²) in [5.41, 5.74) is 1.82. The van der Waals surface area contributed by atoms with Crippen molar-refractivity contribution in [3.8, 4) is 17.1 Å². The van der Waals surface area contributed by atoms with Gasteiger partial charge in [0.15, 0.2) is 9.84 Å². The van der Waals surface area contributed by atoms with E-state index in [1.54, 1.807) is 38.3 Å². The summed E-state index contributed by atoms with van der Waals surface area (Å²) in [5.74, 6) is 0.420. The number of aromatic nitrogens is 2. The van der Waals surface area contributed by atoms with Crippen LogP contribution in [0.5, 0.6) is 5.75 Å². The van der Waals surface area contributed by atoms with Crippen molar-refractivity contribution in [3.63, 3.8) is 0 Å². The number of hydrogen-bond donors (Lipinski definition) is 0. The number of nitrogens with zero attached hydrogens (tertiary/aromatic N) is 2. The predicted molar refractivity (Wildman–Crippen MR) is 103 cm³/mol. The molecule has 0 amide bonds. The first-order valence-electron chi connectivity index (χ1n) is 8.75. The molecule has 3 aromatic rings. The topological polar surface area (TPSA) is 82.3 Å². The summed E-state index contributed by atoms with van der Waals surface area (Å²) in [5, 5.41) is 2.84. The molecule has 0 saturated heterocycles.